The van der Waals surface area contributed by atoms with Crippen molar-refractivity contribution in [1.82, 2.24) is 16.0 Å². The number of alkyl halides is 1. The molecule has 10 heteroatoms. The van der Waals surface area contributed by atoms with Crippen molar-refractivity contribution >= 4 is 34.4 Å². The van der Waals surface area contributed by atoms with E-state index in [2.05, 4.69) is 38.5 Å². The molecule has 7 nitrogen and oxygen atoms in total. The molecule has 1 fully saturated rings. The van der Waals surface area contributed by atoms with Gasteiger partial charge in [-0.25, -0.2) is 8.78 Å². The fraction of sp³-hybridized carbons (Fsp3) is 0.310. The second-order valence-electron chi connectivity index (χ2n) is 9.70. The first-order valence-electron chi connectivity index (χ1n) is 12.7. The lowest BCUT2D eigenvalue weighted by Gasteiger charge is -2.26. The van der Waals surface area contributed by atoms with Crippen LogP contribution in [0.1, 0.15) is 48.7 Å². The van der Waals surface area contributed by atoms with Crippen LogP contribution in [0.5, 0.6) is 5.75 Å². The van der Waals surface area contributed by atoms with Crippen LogP contribution in [0.4, 0.5) is 8.78 Å². The summed E-state index contributed by atoms with van der Waals surface area (Å²) in [6.45, 7) is 0.580. The van der Waals surface area contributed by atoms with Crippen LogP contribution in [0, 0.1) is 17.6 Å². The highest BCUT2D eigenvalue weighted by molar-refractivity contribution is 14.1. The molecule has 0 heterocycles. The van der Waals surface area contributed by atoms with Gasteiger partial charge in [-0.15, -0.1) is 0 Å². The zero-order chi connectivity index (χ0) is 27.9. The molecule has 1 saturated carbocycles. The number of aromatic hydroxyl groups is 1. The summed E-state index contributed by atoms with van der Waals surface area (Å²) in [7, 11) is 0. The quantitative estimate of drug-likeness (QED) is 0.115. The topological polar surface area (TPSA) is 111 Å². The summed E-state index contributed by atoms with van der Waals surface area (Å²) in [5, 5.41) is 29.9. The molecule has 2 amide bonds. The van der Waals surface area contributed by atoms with Gasteiger partial charge in [0, 0.05) is 24.7 Å². The van der Waals surface area contributed by atoms with Gasteiger partial charge in [-0.3, -0.25) is 14.9 Å². The highest BCUT2D eigenvalue weighted by Gasteiger charge is 2.26. The van der Waals surface area contributed by atoms with Gasteiger partial charge < -0.3 is 20.8 Å². The fourth-order valence-electron chi connectivity index (χ4n) is 4.14. The van der Waals surface area contributed by atoms with E-state index in [4.69, 9.17) is 0 Å². The van der Waals surface area contributed by atoms with E-state index in [1.54, 1.807) is 0 Å². The Hall–Kier alpha value is -3.09. The van der Waals surface area contributed by atoms with Gasteiger partial charge >= 0.3 is 0 Å². The van der Waals surface area contributed by atoms with Crippen LogP contribution in [0.25, 0.3) is 0 Å². The number of aliphatic hydroxyl groups excluding tert-OH is 1. The third-order valence-corrected chi connectivity index (χ3v) is 7.67. The second-order valence-corrected chi connectivity index (χ2v) is 10.9. The average molecular weight is 649 g/mol. The van der Waals surface area contributed by atoms with Gasteiger partial charge in [-0.2, -0.15) is 0 Å². The molecule has 0 aromatic heterocycles. The number of halogens is 3. The normalized spacial score (nSPS) is 15.3. The number of hydrogen-bond acceptors (Lipinski definition) is 5. The Labute approximate surface area is 239 Å². The molecule has 3 aromatic rings. The highest BCUT2D eigenvalue weighted by atomic mass is 127. The Morgan fingerprint density at radius 2 is 1.67 bits per heavy atom. The van der Waals surface area contributed by atoms with Crippen molar-refractivity contribution in [2.75, 3.05) is 13.1 Å². The molecular weight excluding hydrogens is 619 g/mol. The Bertz CT molecular complexity index is 1290. The fourth-order valence-corrected chi connectivity index (χ4v) is 4.81. The Balaban J connectivity index is 1.49. The molecule has 0 radical (unpaired) electrons. The minimum absolute atomic E-state index is 0.0371. The largest absolute Gasteiger partial charge is 0.507 e. The highest BCUT2D eigenvalue weighted by Crippen LogP contribution is 2.28. The molecule has 39 heavy (non-hydrogen) atoms. The van der Waals surface area contributed by atoms with Gasteiger partial charge in [0.25, 0.3) is 11.8 Å². The molecule has 0 aliphatic heterocycles. The van der Waals surface area contributed by atoms with Crippen LogP contribution in [-0.2, 0) is 6.42 Å². The van der Waals surface area contributed by atoms with Gasteiger partial charge in [-0.05, 0) is 66.6 Å². The number of aliphatic hydroxyl groups is 1. The Morgan fingerprint density at radius 1 is 0.974 bits per heavy atom. The summed E-state index contributed by atoms with van der Waals surface area (Å²) in [5.74, 6) is -2.45. The molecule has 5 N–H and O–H groups in total. The Morgan fingerprint density at radius 3 is 2.33 bits per heavy atom. The van der Waals surface area contributed by atoms with Gasteiger partial charge in [-0.1, -0.05) is 52.9 Å². The lowest BCUT2D eigenvalue weighted by molar-refractivity contribution is 0.0830. The lowest BCUT2D eigenvalue weighted by atomic mass is 9.99. The first-order valence-corrected chi connectivity index (χ1v) is 13.9. The maximum atomic E-state index is 13.9. The van der Waals surface area contributed by atoms with Crippen molar-refractivity contribution in [2.45, 2.75) is 35.5 Å². The van der Waals surface area contributed by atoms with Crippen molar-refractivity contribution in [1.29, 1.82) is 0 Å². The van der Waals surface area contributed by atoms with Crippen LogP contribution >= 0.6 is 22.6 Å². The predicted octanol–water partition coefficient (Wildman–Crippen LogP) is 4.24. The van der Waals surface area contributed by atoms with E-state index in [1.165, 1.54) is 18.2 Å². The summed E-state index contributed by atoms with van der Waals surface area (Å²) in [4.78, 5) is 25.8. The van der Waals surface area contributed by atoms with Gasteiger partial charge in [0.05, 0.1) is 21.8 Å². The predicted molar refractivity (Wildman–Crippen MR) is 152 cm³/mol. The molecule has 206 valence electrons. The third kappa shape index (κ3) is 8.45. The number of phenols is 1. The van der Waals surface area contributed by atoms with Gasteiger partial charge in [0.2, 0.25) is 0 Å². The van der Waals surface area contributed by atoms with Gasteiger partial charge in [0.1, 0.15) is 17.4 Å². The number of carbonyl (C=O) groups is 2. The summed E-state index contributed by atoms with van der Waals surface area (Å²) in [5.41, 5.74) is 1.31. The van der Waals surface area contributed by atoms with Crippen LogP contribution in [0.3, 0.4) is 0 Å². The van der Waals surface area contributed by atoms with Crippen LogP contribution in [0.2, 0.25) is 0 Å². The smallest absolute Gasteiger partial charge is 0.255 e. The molecule has 0 saturated heterocycles. The van der Waals surface area contributed by atoms with Crippen molar-refractivity contribution in [3.05, 3.63) is 101 Å². The molecule has 1 unspecified atom stereocenters. The number of phenolic OH excluding ortho intramolecular Hbond substituents is 1. The summed E-state index contributed by atoms with van der Waals surface area (Å²) < 4.78 is 27.6. The molecule has 3 atom stereocenters. The summed E-state index contributed by atoms with van der Waals surface area (Å²) in [6.07, 6.45) is 0.922. The molecule has 3 aromatic carbocycles. The van der Waals surface area contributed by atoms with Crippen molar-refractivity contribution in [3.8, 4) is 5.75 Å². The number of benzene rings is 3. The van der Waals surface area contributed by atoms with E-state index in [1.807, 2.05) is 30.3 Å². The zero-order valence-corrected chi connectivity index (χ0v) is 23.2. The first kappa shape index (κ1) is 28.9. The lowest BCUT2D eigenvalue weighted by Crippen LogP contribution is -2.49. The van der Waals surface area contributed by atoms with E-state index in [0.717, 1.165) is 36.6 Å². The Kier molecular flexibility index (Phi) is 9.87. The van der Waals surface area contributed by atoms with Gasteiger partial charge in [0.15, 0.2) is 0 Å². The monoisotopic (exact) mass is 649 g/mol. The average Bonchev–Trinajstić information content (AvgIpc) is 3.74. The van der Waals surface area contributed by atoms with Crippen LogP contribution in [-0.4, -0.2) is 47.3 Å². The summed E-state index contributed by atoms with van der Waals surface area (Å²) in [6, 6.07) is 15.6. The molecule has 0 bridgehead atoms. The minimum Gasteiger partial charge on any atom is -0.507 e. The van der Waals surface area contributed by atoms with Crippen molar-refractivity contribution in [2.24, 2.45) is 5.92 Å². The molecule has 4 rings (SSSR count). The second kappa shape index (κ2) is 13.3. The van der Waals surface area contributed by atoms with E-state index in [0.29, 0.717) is 12.5 Å². The number of carbonyl (C=O) groups excluding carboxylic acids is 2. The van der Waals surface area contributed by atoms with E-state index < -0.39 is 35.6 Å². The van der Waals surface area contributed by atoms with Crippen LogP contribution < -0.4 is 16.0 Å². The number of amides is 2. The maximum Gasteiger partial charge on any atom is 0.255 e. The standard InChI is InChI=1S/C29H30F2IN3O4/c30-21-10-18(11-22(31)14-21)12-24(26(37)16-33-27(32)19-4-2-1-3-5-19)35-28(38)20-8-9-25(36)23(13-20)29(39)34-15-17-6-7-17/h1-5,8-11,13-14,17,24,26-27,33,36-37H,6-7,12,15-16H2,(H,34,39)(H,35,38)/t24-,26+,27?/m0/s1. The van der Waals surface area contributed by atoms with Crippen molar-refractivity contribution in [3.63, 3.8) is 0 Å². The number of nitrogens with one attached hydrogen (secondary N) is 3. The van der Waals surface area contributed by atoms with E-state index in [9.17, 15) is 28.6 Å². The summed E-state index contributed by atoms with van der Waals surface area (Å²) >= 11 is 2.19. The SMILES string of the molecule is O=C(N[C@@H](Cc1cc(F)cc(F)c1)[C@H](O)CNC(I)c1ccccc1)c1ccc(O)c(C(=O)NCC2CC2)c1. The number of rotatable bonds is 12. The zero-order valence-electron chi connectivity index (χ0n) is 21.0. The van der Waals surface area contributed by atoms with Crippen LogP contribution in [0.15, 0.2) is 66.7 Å². The number of hydrogen-bond donors (Lipinski definition) is 5. The third-order valence-electron chi connectivity index (χ3n) is 6.51. The minimum atomic E-state index is -1.13. The molecule has 1 aliphatic carbocycles. The van der Waals surface area contributed by atoms with Crippen molar-refractivity contribution < 1.29 is 28.6 Å². The first-order chi connectivity index (χ1) is 18.7. The van der Waals surface area contributed by atoms with E-state index in [-0.39, 0.29) is 39.5 Å². The molecule has 0 spiro atoms. The molecular formula is C29H30F2IN3O4. The van der Waals surface area contributed by atoms with E-state index >= 15 is 0 Å². The maximum absolute atomic E-state index is 13.9. The molecule has 1 aliphatic rings.